The van der Waals surface area contributed by atoms with Gasteiger partial charge in [0.05, 0.1) is 16.4 Å². The number of hydrogen-bond donors (Lipinski definition) is 1. The number of halogens is 1. The average molecular weight is 424 g/mol. The quantitative estimate of drug-likeness (QED) is 0.669. The summed E-state index contributed by atoms with van der Waals surface area (Å²) in [6.45, 7) is 4.80. The number of likely N-dealkylation sites (tertiary alicyclic amines) is 1. The Morgan fingerprint density at radius 1 is 1.17 bits per heavy atom. The molecule has 0 saturated carbocycles. The highest BCUT2D eigenvalue weighted by atomic mass is 35.5. The van der Waals surface area contributed by atoms with Gasteiger partial charge in [-0.05, 0) is 42.8 Å². The average Bonchev–Trinajstić information content (AvgIpc) is 2.75. The number of amides is 2. The van der Waals surface area contributed by atoms with Crippen LogP contribution in [0, 0.1) is 6.92 Å². The summed E-state index contributed by atoms with van der Waals surface area (Å²) in [6, 6.07) is 12.3. The molecule has 0 bridgehead atoms. The van der Waals surface area contributed by atoms with Gasteiger partial charge in [-0.25, -0.2) is 4.79 Å². The molecule has 30 heavy (non-hydrogen) atoms. The van der Waals surface area contributed by atoms with Crippen LogP contribution in [0.5, 0.6) is 0 Å². The van der Waals surface area contributed by atoms with E-state index in [1.807, 2.05) is 37.4 Å². The maximum Gasteiger partial charge on any atom is 0.314 e. The van der Waals surface area contributed by atoms with Crippen LogP contribution in [0.25, 0.3) is 10.8 Å². The molecule has 3 aromatic rings. The van der Waals surface area contributed by atoms with Gasteiger partial charge in [0.1, 0.15) is 0 Å². The Bertz CT molecular complexity index is 1040. The zero-order valence-corrected chi connectivity index (χ0v) is 17.8. The number of hydrogen-bond acceptors (Lipinski definition) is 4. The van der Waals surface area contributed by atoms with Crippen molar-refractivity contribution in [1.82, 2.24) is 19.8 Å². The maximum absolute atomic E-state index is 11.5. The number of nitrogens with two attached hydrogens (primary N) is 1. The predicted octanol–water partition coefficient (Wildman–Crippen LogP) is 4.14. The number of piperidine rings is 1. The van der Waals surface area contributed by atoms with Crippen LogP contribution >= 0.6 is 11.6 Å². The fraction of sp³-hybridized carbons (Fsp3) is 0.348. The van der Waals surface area contributed by atoms with Crippen molar-refractivity contribution in [2.24, 2.45) is 5.73 Å². The van der Waals surface area contributed by atoms with E-state index < -0.39 is 0 Å². The Morgan fingerprint density at radius 2 is 1.90 bits per heavy atom. The van der Waals surface area contributed by atoms with E-state index >= 15 is 0 Å². The van der Waals surface area contributed by atoms with Gasteiger partial charge in [0, 0.05) is 50.0 Å². The largest absolute Gasteiger partial charge is 0.351 e. The van der Waals surface area contributed by atoms with E-state index in [-0.39, 0.29) is 6.03 Å². The molecule has 1 aromatic carbocycles. The molecule has 1 aliphatic rings. The molecule has 4 rings (SSSR count). The minimum Gasteiger partial charge on any atom is -0.351 e. The molecule has 0 aliphatic carbocycles. The number of rotatable bonds is 5. The van der Waals surface area contributed by atoms with Crippen molar-refractivity contribution in [3.63, 3.8) is 0 Å². The van der Waals surface area contributed by atoms with Crippen LogP contribution in [0.1, 0.15) is 29.8 Å². The molecule has 0 spiro atoms. The van der Waals surface area contributed by atoms with Crippen molar-refractivity contribution in [2.75, 3.05) is 13.1 Å². The Morgan fingerprint density at radius 3 is 2.63 bits per heavy atom. The molecule has 1 aliphatic heterocycles. The lowest BCUT2D eigenvalue weighted by molar-refractivity contribution is 0.106. The van der Waals surface area contributed by atoms with Crippen LogP contribution in [0.4, 0.5) is 4.79 Å². The van der Waals surface area contributed by atoms with Crippen molar-refractivity contribution in [2.45, 2.75) is 38.9 Å². The minimum absolute atomic E-state index is 0.318. The number of pyridine rings is 2. The number of fused-ring (bicyclic) bond motifs is 1. The SMILES string of the molecule is Cc1cc(Cl)cnc1CN(Cc1nccc2ccccc12)C1CCN(C(N)=O)CC1. The van der Waals surface area contributed by atoms with Gasteiger partial charge in [0.2, 0.25) is 0 Å². The van der Waals surface area contributed by atoms with Crippen LogP contribution in [-0.2, 0) is 13.1 Å². The molecule has 3 heterocycles. The molecule has 1 saturated heterocycles. The van der Waals surface area contributed by atoms with Crippen LogP contribution < -0.4 is 5.73 Å². The molecule has 1 fully saturated rings. The Balaban J connectivity index is 1.62. The fourth-order valence-corrected chi connectivity index (χ4v) is 4.41. The predicted molar refractivity (Wildman–Crippen MR) is 119 cm³/mol. The van der Waals surface area contributed by atoms with E-state index in [0.29, 0.717) is 37.2 Å². The zero-order chi connectivity index (χ0) is 21.1. The lowest BCUT2D eigenvalue weighted by Gasteiger charge is -2.38. The highest BCUT2D eigenvalue weighted by Gasteiger charge is 2.27. The summed E-state index contributed by atoms with van der Waals surface area (Å²) in [7, 11) is 0. The van der Waals surface area contributed by atoms with Crippen molar-refractivity contribution >= 4 is 28.4 Å². The molecule has 6 nitrogen and oxygen atoms in total. The number of benzene rings is 1. The van der Waals surface area contributed by atoms with Crippen LogP contribution in [0.2, 0.25) is 5.02 Å². The fourth-order valence-electron chi connectivity index (χ4n) is 4.19. The highest BCUT2D eigenvalue weighted by molar-refractivity contribution is 6.30. The molecule has 156 valence electrons. The van der Waals surface area contributed by atoms with Crippen LogP contribution in [0.3, 0.4) is 0 Å². The van der Waals surface area contributed by atoms with E-state index in [1.165, 1.54) is 10.8 Å². The molecule has 0 atom stereocenters. The third-order valence-corrected chi connectivity index (χ3v) is 6.11. The molecular formula is C23H26ClN5O. The molecular weight excluding hydrogens is 398 g/mol. The first-order valence-corrected chi connectivity index (χ1v) is 10.6. The number of aromatic nitrogens is 2. The molecule has 0 unspecified atom stereocenters. The number of carbonyl (C=O) groups is 1. The Labute approximate surface area is 181 Å². The lowest BCUT2D eigenvalue weighted by Crippen LogP contribution is -2.48. The van der Waals surface area contributed by atoms with Crippen LogP contribution in [-0.4, -0.2) is 44.9 Å². The number of aryl methyl sites for hydroxylation is 1. The lowest BCUT2D eigenvalue weighted by atomic mass is 10.0. The molecule has 2 aromatic heterocycles. The topological polar surface area (TPSA) is 75.3 Å². The number of carbonyl (C=O) groups excluding carboxylic acids is 1. The van der Waals surface area contributed by atoms with Gasteiger partial charge in [-0.3, -0.25) is 14.9 Å². The molecule has 7 heteroatoms. The van der Waals surface area contributed by atoms with E-state index in [0.717, 1.165) is 29.8 Å². The summed E-state index contributed by atoms with van der Waals surface area (Å²) in [5.41, 5.74) is 8.61. The molecule has 2 N–H and O–H groups in total. The summed E-state index contributed by atoms with van der Waals surface area (Å²) in [4.78, 5) is 25.0. The highest BCUT2D eigenvalue weighted by Crippen LogP contribution is 2.25. The van der Waals surface area contributed by atoms with Gasteiger partial charge in [0.25, 0.3) is 0 Å². The molecule has 0 radical (unpaired) electrons. The zero-order valence-electron chi connectivity index (χ0n) is 17.1. The Kier molecular flexibility index (Phi) is 6.16. The normalized spacial score (nSPS) is 15.1. The van der Waals surface area contributed by atoms with Gasteiger partial charge < -0.3 is 10.6 Å². The van der Waals surface area contributed by atoms with Gasteiger partial charge >= 0.3 is 6.03 Å². The monoisotopic (exact) mass is 423 g/mol. The summed E-state index contributed by atoms with van der Waals surface area (Å²) < 4.78 is 0. The number of nitrogens with zero attached hydrogens (tertiary/aromatic N) is 4. The van der Waals surface area contributed by atoms with Gasteiger partial charge in [0.15, 0.2) is 0 Å². The summed E-state index contributed by atoms with van der Waals surface area (Å²) in [5, 5.41) is 3.00. The van der Waals surface area contributed by atoms with E-state index in [9.17, 15) is 4.79 Å². The first kappa shape index (κ1) is 20.6. The number of primary amides is 1. The van der Waals surface area contributed by atoms with Gasteiger partial charge in [-0.1, -0.05) is 35.9 Å². The smallest absolute Gasteiger partial charge is 0.314 e. The molecule has 2 amide bonds. The summed E-state index contributed by atoms with van der Waals surface area (Å²) in [5.74, 6) is 0. The second-order valence-corrected chi connectivity index (χ2v) is 8.29. The van der Waals surface area contributed by atoms with E-state index in [1.54, 1.807) is 11.1 Å². The summed E-state index contributed by atoms with van der Waals surface area (Å²) >= 11 is 6.11. The van der Waals surface area contributed by atoms with Crippen LogP contribution in [0.15, 0.2) is 48.8 Å². The van der Waals surface area contributed by atoms with Crippen molar-refractivity contribution in [3.8, 4) is 0 Å². The van der Waals surface area contributed by atoms with E-state index in [2.05, 4.69) is 22.0 Å². The third kappa shape index (κ3) is 4.55. The number of urea groups is 1. The Hall–Kier alpha value is -2.70. The van der Waals surface area contributed by atoms with Crippen molar-refractivity contribution in [1.29, 1.82) is 0 Å². The summed E-state index contributed by atoms with van der Waals surface area (Å²) in [6.07, 6.45) is 5.33. The first-order valence-electron chi connectivity index (χ1n) is 10.2. The second kappa shape index (κ2) is 8.98. The van der Waals surface area contributed by atoms with Crippen molar-refractivity contribution < 1.29 is 4.79 Å². The first-order chi connectivity index (χ1) is 14.5. The second-order valence-electron chi connectivity index (χ2n) is 7.86. The van der Waals surface area contributed by atoms with Gasteiger partial charge in [-0.2, -0.15) is 0 Å². The van der Waals surface area contributed by atoms with E-state index in [4.69, 9.17) is 22.3 Å². The van der Waals surface area contributed by atoms with Crippen molar-refractivity contribution in [3.05, 3.63) is 70.8 Å². The standard InChI is InChI=1S/C23H26ClN5O/c1-16-12-18(24)13-27-21(16)14-29(19-7-10-28(11-8-19)23(25)30)15-22-20-5-3-2-4-17(20)6-9-26-22/h2-6,9,12-13,19H,7-8,10-11,14-15H2,1H3,(H2,25,30). The van der Waals surface area contributed by atoms with Gasteiger partial charge in [-0.15, -0.1) is 0 Å². The maximum atomic E-state index is 11.5. The minimum atomic E-state index is -0.342. The third-order valence-electron chi connectivity index (χ3n) is 5.91.